The quantitative estimate of drug-likeness (QED) is 0.713. The summed E-state index contributed by atoms with van der Waals surface area (Å²) in [7, 11) is 0. The minimum atomic E-state index is -0.146. The summed E-state index contributed by atoms with van der Waals surface area (Å²) < 4.78 is 1.44. The summed E-state index contributed by atoms with van der Waals surface area (Å²) >= 11 is 1.50. The topological polar surface area (TPSA) is 55.2 Å². The molecule has 3 heterocycles. The van der Waals surface area contributed by atoms with Gasteiger partial charge in [0.2, 0.25) is 5.91 Å². The molecule has 6 heteroatoms. The standard InChI is InChI=1S/C20H21N3O2S/c1-14-6-5-9-22(11-14)18(24)12-23-13-21-19-16(20(23)25)10-17(26-19)15-7-3-2-4-8-15/h2-4,7-8,10,13-14H,5-6,9,11-12H2,1H3/t14-/m0/s1. The van der Waals surface area contributed by atoms with Crippen molar-refractivity contribution < 1.29 is 4.79 Å². The summed E-state index contributed by atoms with van der Waals surface area (Å²) in [6, 6.07) is 11.8. The smallest absolute Gasteiger partial charge is 0.262 e. The van der Waals surface area contributed by atoms with Crippen LogP contribution in [0.15, 0.2) is 47.5 Å². The number of carbonyl (C=O) groups excluding carboxylic acids is 1. The summed E-state index contributed by atoms with van der Waals surface area (Å²) in [5.74, 6) is 0.522. The average Bonchev–Trinajstić information content (AvgIpc) is 3.10. The maximum Gasteiger partial charge on any atom is 0.262 e. The van der Waals surface area contributed by atoms with E-state index in [1.165, 1.54) is 22.2 Å². The van der Waals surface area contributed by atoms with Gasteiger partial charge in [-0.2, -0.15) is 0 Å². The minimum absolute atomic E-state index is 0.00156. The second kappa shape index (κ2) is 7.03. The third-order valence-electron chi connectivity index (χ3n) is 4.89. The summed E-state index contributed by atoms with van der Waals surface area (Å²) in [5, 5.41) is 0.580. The Hall–Kier alpha value is -2.47. The lowest BCUT2D eigenvalue weighted by Gasteiger charge is -2.31. The Morgan fingerprint density at radius 2 is 2.12 bits per heavy atom. The molecule has 1 aliphatic heterocycles. The van der Waals surface area contributed by atoms with Gasteiger partial charge in [-0.15, -0.1) is 11.3 Å². The third-order valence-corrected chi connectivity index (χ3v) is 5.98. The Morgan fingerprint density at radius 3 is 2.88 bits per heavy atom. The van der Waals surface area contributed by atoms with Crippen LogP contribution in [0, 0.1) is 5.92 Å². The Morgan fingerprint density at radius 1 is 1.31 bits per heavy atom. The number of piperidine rings is 1. The van der Waals surface area contributed by atoms with Gasteiger partial charge < -0.3 is 4.90 Å². The van der Waals surface area contributed by atoms with Crippen molar-refractivity contribution in [3.8, 4) is 10.4 Å². The molecule has 1 aromatic carbocycles. The zero-order valence-electron chi connectivity index (χ0n) is 14.7. The van der Waals surface area contributed by atoms with Crippen LogP contribution in [0.1, 0.15) is 19.8 Å². The third kappa shape index (κ3) is 3.29. The van der Waals surface area contributed by atoms with Gasteiger partial charge in [-0.25, -0.2) is 4.98 Å². The largest absolute Gasteiger partial charge is 0.341 e. The maximum absolute atomic E-state index is 12.8. The molecule has 2 aromatic heterocycles. The Balaban J connectivity index is 1.61. The molecule has 0 N–H and O–H groups in total. The Labute approximate surface area is 155 Å². The number of nitrogens with zero attached hydrogens (tertiary/aromatic N) is 3. The zero-order chi connectivity index (χ0) is 18.1. The van der Waals surface area contributed by atoms with Crippen molar-refractivity contribution in [1.29, 1.82) is 0 Å². The number of thiophene rings is 1. The lowest BCUT2D eigenvalue weighted by atomic mass is 10.0. The van der Waals surface area contributed by atoms with Gasteiger partial charge in [0.05, 0.1) is 11.7 Å². The second-order valence-corrected chi connectivity index (χ2v) is 7.99. The Bertz CT molecular complexity index is 993. The molecule has 0 unspecified atom stereocenters. The van der Waals surface area contributed by atoms with E-state index < -0.39 is 0 Å². The lowest BCUT2D eigenvalue weighted by Crippen LogP contribution is -2.42. The summed E-state index contributed by atoms with van der Waals surface area (Å²) in [6.45, 7) is 3.78. The van der Waals surface area contributed by atoms with Gasteiger partial charge in [0.1, 0.15) is 11.4 Å². The molecule has 0 radical (unpaired) electrons. The first-order valence-electron chi connectivity index (χ1n) is 8.94. The predicted molar refractivity (Wildman–Crippen MR) is 104 cm³/mol. The summed E-state index contributed by atoms with van der Waals surface area (Å²) in [4.78, 5) is 33.4. The highest BCUT2D eigenvalue weighted by Crippen LogP contribution is 2.30. The van der Waals surface area contributed by atoms with Gasteiger partial charge >= 0.3 is 0 Å². The molecule has 3 aromatic rings. The van der Waals surface area contributed by atoms with Gasteiger partial charge in [0, 0.05) is 18.0 Å². The van der Waals surface area contributed by atoms with E-state index in [0.717, 1.165) is 36.4 Å². The molecular formula is C20H21N3O2S. The zero-order valence-corrected chi connectivity index (χ0v) is 15.5. The van der Waals surface area contributed by atoms with E-state index in [1.54, 1.807) is 0 Å². The van der Waals surface area contributed by atoms with Gasteiger partial charge in [0.25, 0.3) is 5.56 Å². The number of hydrogen-bond donors (Lipinski definition) is 0. The first-order chi connectivity index (χ1) is 12.6. The highest BCUT2D eigenvalue weighted by molar-refractivity contribution is 7.21. The number of fused-ring (bicyclic) bond motifs is 1. The first-order valence-corrected chi connectivity index (χ1v) is 9.75. The van der Waals surface area contributed by atoms with Crippen LogP contribution in [0.3, 0.4) is 0 Å². The number of hydrogen-bond acceptors (Lipinski definition) is 4. The molecule has 0 spiro atoms. The van der Waals surface area contributed by atoms with Crippen molar-refractivity contribution in [1.82, 2.24) is 14.5 Å². The number of likely N-dealkylation sites (tertiary alicyclic amines) is 1. The molecule has 1 amide bonds. The van der Waals surface area contributed by atoms with E-state index in [-0.39, 0.29) is 18.0 Å². The minimum Gasteiger partial charge on any atom is -0.341 e. The molecule has 5 nitrogen and oxygen atoms in total. The fourth-order valence-corrected chi connectivity index (χ4v) is 4.47. The van der Waals surface area contributed by atoms with Crippen LogP contribution in [-0.2, 0) is 11.3 Å². The fourth-order valence-electron chi connectivity index (χ4n) is 3.48. The van der Waals surface area contributed by atoms with E-state index in [4.69, 9.17) is 0 Å². The molecule has 4 rings (SSSR count). The van der Waals surface area contributed by atoms with Crippen LogP contribution in [0.5, 0.6) is 0 Å². The van der Waals surface area contributed by atoms with Gasteiger partial charge in [-0.05, 0) is 30.4 Å². The normalized spacial score (nSPS) is 17.6. The van der Waals surface area contributed by atoms with Crippen molar-refractivity contribution in [2.45, 2.75) is 26.3 Å². The van der Waals surface area contributed by atoms with Gasteiger partial charge in [0.15, 0.2) is 0 Å². The molecule has 1 fully saturated rings. The molecule has 26 heavy (non-hydrogen) atoms. The van der Waals surface area contributed by atoms with Crippen LogP contribution in [0.2, 0.25) is 0 Å². The highest BCUT2D eigenvalue weighted by Gasteiger charge is 2.21. The van der Waals surface area contributed by atoms with Crippen LogP contribution < -0.4 is 5.56 Å². The Kier molecular flexibility index (Phi) is 4.59. The number of amides is 1. The molecule has 1 saturated heterocycles. The van der Waals surface area contributed by atoms with Crippen LogP contribution in [0.25, 0.3) is 20.7 Å². The summed E-state index contributed by atoms with van der Waals surface area (Å²) in [5.41, 5.74) is 0.923. The van der Waals surface area contributed by atoms with Gasteiger partial charge in [-0.3, -0.25) is 14.2 Å². The first kappa shape index (κ1) is 17.0. The van der Waals surface area contributed by atoms with E-state index in [2.05, 4.69) is 11.9 Å². The number of carbonyl (C=O) groups is 1. The molecular weight excluding hydrogens is 346 g/mol. The number of aromatic nitrogens is 2. The number of rotatable bonds is 3. The molecule has 0 aliphatic carbocycles. The lowest BCUT2D eigenvalue weighted by molar-refractivity contribution is -0.133. The predicted octanol–water partition coefficient (Wildman–Crippen LogP) is 3.38. The van der Waals surface area contributed by atoms with Crippen molar-refractivity contribution in [2.75, 3.05) is 13.1 Å². The van der Waals surface area contributed by atoms with Crippen molar-refractivity contribution in [3.05, 3.63) is 53.1 Å². The SMILES string of the molecule is C[C@H]1CCCN(C(=O)Cn2cnc3sc(-c4ccccc4)cc3c2=O)C1. The molecule has 1 aliphatic rings. The van der Waals surface area contributed by atoms with E-state index in [9.17, 15) is 9.59 Å². The van der Waals surface area contributed by atoms with E-state index in [1.807, 2.05) is 41.3 Å². The van der Waals surface area contributed by atoms with Crippen LogP contribution >= 0.6 is 11.3 Å². The molecule has 134 valence electrons. The fraction of sp³-hybridized carbons (Fsp3) is 0.350. The van der Waals surface area contributed by atoms with Crippen molar-refractivity contribution >= 4 is 27.5 Å². The highest BCUT2D eigenvalue weighted by atomic mass is 32.1. The molecule has 0 saturated carbocycles. The number of benzene rings is 1. The molecule has 0 bridgehead atoms. The second-order valence-electron chi connectivity index (χ2n) is 6.96. The summed E-state index contributed by atoms with van der Waals surface area (Å²) in [6.07, 6.45) is 3.69. The average molecular weight is 367 g/mol. The van der Waals surface area contributed by atoms with E-state index >= 15 is 0 Å². The van der Waals surface area contributed by atoms with Crippen molar-refractivity contribution in [3.63, 3.8) is 0 Å². The molecule has 1 atom stereocenters. The van der Waals surface area contributed by atoms with Gasteiger partial charge in [-0.1, -0.05) is 37.3 Å². The maximum atomic E-state index is 12.8. The van der Waals surface area contributed by atoms with E-state index in [0.29, 0.717) is 16.1 Å². The monoisotopic (exact) mass is 367 g/mol. The van der Waals surface area contributed by atoms with Crippen LogP contribution in [0.4, 0.5) is 0 Å². The van der Waals surface area contributed by atoms with Crippen LogP contribution in [-0.4, -0.2) is 33.4 Å². The van der Waals surface area contributed by atoms with Crippen molar-refractivity contribution in [2.24, 2.45) is 5.92 Å².